The number of nitrogens with one attached hydrogen (secondary N) is 4. The maximum absolute atomic E-state index is 14.4. The van der Waals surface area contributed by atoms with Gasteiger partial charge in [0.05, 0.1) is 36.1 Å². The number of hydrogen-bond acceptors (Lipinski definition) is 11. The number of likely N-dealkylation sites (N-methyl/N-ethyl adjacent to an activating group) is 1. The van der Waals surface area contributed by atoms with Crippen molar-refractivity contribution in [2.75, 3.05) is 7.05 Å². The lowest BCUT2D eigenvalue weighted by Gasteiger charge is -2.31. The van der Waals surface area contributed by atoms with Crippen LogP contribution in [0.2, 0.25) is 0 Å². The van der Waals surface area contributed by atoms with Gasteiger partial charge in [-0.15, -0.1) is 10.2 Å². The first-order chi connectivity index (χ1) is 39.9. The third-order valence-electron chi connectivity index (χ3n) is 18.8. The number of aryl methyl sites for hydroxylation is 4. The van der Waals surface area contributed by atoms with Crippen molar-refractivity contribution >= 4 is 35.1 Å². The van der Waals surface area contributed by atoms with Crippen molar-refractivity contribution in [1.29, 1.82) is 0 Å². The van der Waals surface area contributed by atoms with E-state index in [1.54, 1.807) is 14.0 Å². The molecule has 4 saturated carbocycles. The summed E-state index contributed by atoms with van der Waals surface area (Å²) < 4.78 is 3.75. The number of unbranched alkanes of at least 4 members (excludes halogenated alkanes) is 2. The highest BCUT2D eigenvalue weighted by Gasteiger charge is 2.49. The molecule has 3 aromatic carbocycles. The first-order valence-corrected chi connectivity index (χ1v) is 31.0. The quantitative estimate of drug-likeness (QED) is 0.0404. The summed E-state index contributed by atoms with van der Waals surface area (Å²) in [6.45, 7) is 7.05. The second kappa shape index (κ2) is 29.0. The number of hydrogen-bond donors (Lipinski definition) is 4. The Morgan fingerprint density at radius 1 is 0.585 bits per heavy atom. The molecule has 2 aromatic heterocycles. The van der Waals surface area contributed by atoms with Crippen LogP contribution in [-0.4, -0.2) is 90.2 Å². The van der Waals surface area contributed by atoms with Crippen LogP contribution in [0.3, 0.4) is 0 Å². The smallest absolute Gasteiger partial charge is 0.237 e. The number of carbonyl (C=O) groups is 6. The van der Waals surface area contributed by atoms with Gasteiger partial charge in [-0.1, -0.05) is 135 Å². The normalized spacial score (nSPS) is 24.3. The van der Waals surface area contributed by atoms with E-state index in [-0.39, 0.29) is 77.0 Å². The molecule has 3 amide bonds. The van der Waals surface area contributed by atoms with Crippen LogP contribution in [0.5, 0.6) is 0 Å². The number of ketones is 3. The molecule has 4 unspecified atom stereocenters. The van der Waals surface area contributed by atoms with Crippen molar-refractivity contribution < 1.29 is 28.8 Å². The molecule has 2 heterocycles. The topological polar surface area (TPSA) is 212 Å². The predicted molar refractivity (Wildman–Crippen MR) is 315 cm³/mol. The fraction of sp³-hybridized carbons (Fsp3) is 0.576. The van der Waals surface area contributed by atoms with Gasteiger partial charge in [-0.05, 0) is 144 Å². The van der Waals surface area contributed by atoms with Crippen molar-refractivity contribution in [3.63, 3.8) is 0 Å². The number of benzene rings is 3. The molecule has 0 radical (unpaired) electrons. The van der Waals surface area contributed by atoms with Gasteiger partial charge in [-0.3, -0.25) is 38.1 Å². The van der Waals surface area contributed by atoms with E-state index in [1.807, 2.05) is 96.3 Å². The Kier molecular flexibility index (Phi) is 21.2. The van der Waals surface area contributed by atoms with Crippen LogP contribution in [0.1, 0.15) is 182 Å². The van der Waals surface area contributed by atoms with Crippen molar-refractivity contribution in [1.82, 2.24) is 51.3 Å². The average Bonchev–Trinajstić information content (AvgIpc) is 4.39. The first-order valence-electron chi connectivity index (χ1n) is 31.0. The lowest BCUT2D eigenvalue weighted by atomic mass is 9.75. The Morgan fingerprint density at radius 3 is 1.65 bits per heavy atom. The molecule has 4 aliphatic carbocycles. The Hall–Kier alpha value is -6.68. The fourth-order valence-electron chi connectivity index (χ4n) is 13.7. The Labute approximate surface area is 484 Å². The van der Waals surface area contributed by atoms with Crippen LogP contribution >= 0.6 is 0 Å². The Morgan fingerprint density at radius 2 is 1.09 bits per heavy atom. The molecular formula is C66H88N10O6. The van der Waals surface area contributed by atoms with Gasteiger partial charge in [-0.2, -0.15) is 0 Å². The maximum Gasteiger partial charge on any atom is 0.237 e. The number of nitrogens with zero attached hydrogens (tertiary/aromatic N) is 6. The zero-order valence-electron chi connectivity index (χ0n) is 48.9. The van der Waals surface area contributed by atoms with E-state index < -0.39 is 36.0 Å². The standard InChI is InChI=1S/C66H88N10O6/c1-5-43(2)64(80)68-54-28-14-13-25-49-35-37-52(60(49)63(54)79)66(82)70-61(50-26-10-7-11-27-50)57-42-76(74-72-57)39-19-17-21-46-32-30-45(31-33-46)20-16-18-38-75-41-56(71-73-75)53(47-22-8-6-9-23-47)40-58(77)51-36-34-48-24-12-15-29-55(62(78)59(48)51)69-65(81)44(3)67-4/h6-11,22-23,26-27,30-33,41-44,48-49,51-55,59-61,67H,5,12-21,24-25,28-29,34-40H2,1-4H3,(H,68,80)(H,69,81)(H,70,82)/t43-,44+,48+,49+,51?,52?,53+,54+,55+,59?,60?,61+/m1/s1. The summed E-state index contributed by atoms with van der Waals surface area (Å²) in [5, 5.41) is 30.6. The second-order valence-corrected chi connectivity index (χ2v) is 24.3. The van der Waals surface area contributed by atoms with E-state index in [4.69, 9.17) is 0 Å². The lowest BCUT2D eigenvalue weighted by Crippen LogP contribution is -2.51. The molecule has 16 heteroatoms. The molecule has 82 heavy (non-hydrogen) atoms. The minimum absolute atomic E-state index is 0.00862. The van der Waals surface area contributed by atoms with Crippen LogP contribution in [-0.2, 0) is 54.7 Å². The summed E-state index contributed by atoms with van der Waals surface area (Å²) in [4.78, 5) is 83.0. The Balaban J connectivity index is 0.734. The highest BCUT2D eigenvalue weighted by molar-refractivity contribution is 5.97. The summed E-state index contributed by atoms with van der Waals surface area (Å²) in [5.41, 5.74) is 5.88. The minimum atomic E-state index is -0.572. The number of amides is 3. The average molecular weight is 1120 g/mol. The third kappa shape index (κ3) is 15.1. The number of aromatic nitrogens is 6. The molecule has 0 spiro atoms. The van der Waals surface area contributed by atoms with Crippen molar-refractivity contribution in [2.45, 2.75) is 192 Å². The molecule has 0 aliphatic heterocycles. The van der Waals surface area contributed by atoms with Crippen LogP contribution in [0.4, 0.5) is 0 Å². The van der Waals surface area contributed by atoms with Gasteiger partial charge in [0.1, 0.15) is 11.5 Å². The van der Waals surface area contributed by atoms with E-state index in [0.29, 0.717) is 50.9 Å². The van der Waals surface area contributed by atoms with Gasteiger partial charge in [0, 0.05) is 61.2 Å². The van der Waals surface area contributed by atoms with Gasteiger partial charge in [0.2, 0.25) is 17.7 Å². The molecule has 12 atom stereocenters. The largest absolute Gasteiger partial charge is 0.346 e. The van der Waals surface area contributed by atoms with Gasteiger partial charge < -0.3 is 21.3 Å². The lowest BCUT2D eigenvalue weighted by molar-refractivity contribution is -0.137. The fourth-order valence-corrected chi connectivity index (χ4v) is 13.7. The monoisotopic (exact) mass is 1120 g/mol. The summed E-state index contributed by atoms with van der Waals surface area (Å²) in [7, 11) is 1.73. The molecule has 16 nitrogen and oxygen atoms in total. The number of fused-ring (bicyclic) bond motifs is 2. The first kappa shape index (κ1) is 59.9. The van der Waals surface area contributed by atoms with Crippen LogP contribution in [0.15, 0.2) is 97.3 Å². The molecule has 0 bridgehead atoms. The van der Waals surface area contributed by atoms with Gasteiger partial charge >= 0.3 is 0 Å². The zero-order valence-corrected chi connectivity index (χ0v) is 48.9. The van der Waals surface area contributed by atoms with Crippen molar-refractivity contribution in [3.05, 3.63) is 131 Å². The second-order valence-electron chi connectivity index (χ2n) is 24.3. The molecule has 5 aromatic rings. The van der Waals surface area contributed by atoms with E-state index in [1.165, 1.54) is 11.1 Å². The Bertz CT molecular complexity index is 2710. The highest BCUT2D eigenvalue weighted by atomic mass is 16.2. The van der Waals surface area contributed by atoms with E-state index in [2.05, 4.69) is 66.2 Å². The summed E-state index contributed by atoms with van der Waals surface area (Å²) in [6, 6.07) is 26.7. The maximum atomic E-state index is 14.4. The molecule has 438 valence electrons. The SMILES string of the molecule is CC[C@@H](C)C(=O)N[C@H]1CCCC[C@H]2CCC(C(=O)N[C@@H](c3ccccc3)c3cn(CCCCc4ccc(CCCCn5cc([C@@H](CC(=O)C6CC[C@@H]7CCCC[C@H](NC(=O)[C@H](C)NC)C(=O)C67)c6ccccc6)nn5)cc4)nn3)C2C1=O. The number of Topliss-reactive ketones (excluding diaryl/α,β-unsaturated/α-hetero) is 3. The van der Waals surface area contributed by atoms with Gasteiger partial charge in [-0.25, -0.2) is 0 Å². The van der Waals surface area contributed by atoms with Crippen molar-refractivity contribution in [2.24, 2.45) is 41.4 Å². The van der Waals surface area contributed by atoms with E-state index in [0.717, 1.165) is 107 Å². The molecule has 4 fully saturated rings. The highest BCUT2D eigenvalue weighted by Crippen LogP contribution is 2.46. The molecule has 9 rings (SSSR count). The minimum Gasteiger partial charge on any atom is -0.346 e. The van der Waals surface area contributed by atoms with Crippen LogP contribution in [0, 0.1) is 41.4 Å². The van der Waals surface area contributed by atoms with Gasteiger partial charge in [0.25, 0.3) is 0 Å². The molecule has 0 saturated heterocycles. The summed E-state index contributed by atoms with van der Waals surface area (Å²) in [5.74, 6) is -2.11. The third-order valence-corrected chi connectivity index (χ3v) is 18.8. The van der Waals surface area contributed by atoms with Crippen LogP contribution in [0.25, 0.3) is 0 Å². The summed E-state index contributed by atoms with van der Waals surface area (Å²) >= 11 is 0. The number of carbonyl (C=O) groups excluding carboxylic acids is 6. The van der Waals surface area contributed by atoms with E-state index in [9.17, 15) is 28.8 Å². The number of rotatable bonds is 25. The van der Waals surface area contributed by atoms with E-state index >= 15 is 0 Å². The predicted octanol–water partition coefficient (Wildman–Crippen LogP) is 9.41. The molecular weight excluding hydrogens is 1030 g/mol. The van der Waals surface area contributed by atoms with Crippen molar-refractivity contribution in [3.8, 4) is 0 Å². The molecule has 4 aliphatic rings. The zero-order chi connectivity index (χ0) is 57.5. The molecule has 4 N–H and O–H groups in total. The van der Waals surface area contributed by atoms with Crippen LogP contribution < -0.4 is 21.3 Å². The summed E-state index contributed by atoms with van der Waals surface area (Å²) in [6.07, 6.45) is 20.4. The van der Waals surface area contributed by atoms with Gasteiger partial charge in [0.15, 0.2) is 11.6 Å².